The molecule has 0 aliphatic rings. The first kappa shape index (κ1) is 12.5. The van der Waals surface area contributed by atoms with Crippen molar-refractivity contribution in [1.82, 2.24) is 0 Å². The largest absolute Gasteiger partial charge is 0.481 e. The number of benzene rings is 1. The molecule has 1 aromatic carbocycles. The van der Waals surface area contributed by atoms with Crippen molar-refractivity contribution in [2.45, 2.75) is 6.92 Å². The quantitative estimate of drug-likeness (QED) is 0.429. The van der Waals surface area contributed by atoms with Crippen molar-refractivity contribution in [1.29, 1.82) is 0 Å². The summed E-state index contributed by atoms with van der Waals surface area (Å²) in [6.45, 7) is 1.08. The van der Waals surface area contributed by atoms with Crippen LogP contribution in [-0.4, -0.2) is 22.5 Å². The van der Waals surface area contributed by atoms with Crippen molar-refractivity contribution in [2.24, 2.45) is 5.16 Å². The van der Waals surface area contributed by atoms with Gasteiger partial charge in [0, 0.05) is 11.9 Å². The molecule has 0 atom stereocenters. The normalized spacial score (nSPS) is 9.29. The van der Waals surface area contributed by atoms with E-state index in [0.29, 0.717) is 5.02 Å². The van der Waals surface area contributed by atoms with Crippen LogP contribution < -0.4 is 0 Å². The molecule has 0 spiro atoms. The molecule has 1 aromatic rings. The number of carboxylic acids is 1. The predicted octanol–water partition coefficient (Wildman–Crippen LogP) is 2.24. The van der Waals surface area contributed by atoms with Crippen LogP contribution in [0.25, 0.3) is 0 Å². The van der Waals surface area contributed by atoms with E-state index in [1.54, 1.807) is 24.3 Å². The molecule has 0 aliphatic heterocycles. The first-order valence-electron chi connectivity index (χ1n) is 3.68. The second kappa shape index (κ2) is 6.91. The van der Waals surface area contributed by atoms with E-state index < -0.39 is 5.97 Å². The molecule has 0 unspecified atom stereocenters. The molecule has 76 valence electrons. The second-order valence-electron chi connectivity index (χ2n) is 2.32. The van der Waals surface area contributed by atoms with E-state index in [0.717, 1.165) is 12.5 Å². The van der Waals surface area contributed by atoms with Gasteiger partial charge in [0.2, 0.25) is 0 Å². The Morgan fingerprint density at radius 2 is 2.14 bits per heavy atom. The second-order valence-corrected chi connectivity index (χ2v) is 2.76. The summed E-state index contributed by atoms with van der Waals surface area (Å²) in [6.07, 6.45) is 1.33. The summed E-state index contributed by atoms with van der Waals surface area (Å²) in [5.74, 6) is -0.833. The Morgan fingerprint density at radius 3 is 2.57 bits per heavy atom. The molecule has 4 nitrogen and oxygen atoms in total. The van der Waals surface area contributed by atoms with Crippen molar-refractivity contribution in [3.8, 4) is 0 Å². The molecule has 0 bridgehead atoms. The maximum absolute atomic E-state index is 9.00. The zero-order chi connectivity index (χ0) is 11.0. The Bertz CT molecular complexity index is 322. The van der Waals surface area contributed by atoms with E-state index in [4.69, 9.17) is 26.7 Å². The van der Waals surface area contributed by atoms with Crippen molar-refractivity contribution < 1.29 is 15.1 Å². The van der Waals surface area contributed by atoms with Crippen LogP contribution in [0.15, 0.2) is 29.4 Å². The number of carboxylic acid groups (broad SMARTS) is 1. The highest BCUT2D eigenvalue weighted by molar-refractivity contribution is 6.30. The summed E-state index contributed by atoms with van der Waals surface area (Å²) in [4.78, 5) is 9.00. The first-order valence-corrected chi connectivity index (χ1v) is 4.06. The van der Waals surface area contributed by atoms with Crippen LogP contribution in [0.1, 0.15) is 12.5 Å². The predicted molar refractivity (Wildman–Crippen MR) is 54.1 cm³/mol. The zero-order valence-electron chi connectivity index (χ0n) is 7.51. The van der Waals surface area contributed by atoms with Gasteiger partial charge in [-0.1, -0.05) is 28.9 Å². The molecular formula is C9H10ClNO3. The third kappa shape index (κ3) is 7.12. The fourth-order valence-electron chi connectivity index (χ4n) is 0.654. The summed E-state index contributed by atoms with van der Waals surface area (Å²) >= 11 is 5.64. The highest BCUT2D eigenvalue weighted by Gasteiger charge is 1.87. The minimum absolute atomic E-state index is 0.636. The minimum atomic E-state index is -0.833. The van der Waals surface area contributed by atoms with Crippen molar-refractivity contribution >= 4 is 23.8 Å². The van der Waals surface area contributed by atoms with Gasteiger partial charge in [-0.2, -0.15) is 0 Å². The molecule has 2 N–H and O–H groups in total. The SMILES string of the molecule is CC(=O)O.O/N=C\c1cccc(Cl)c1. The third-order valence-corrected chi connectivity index (χ3v) is 1.29. The van der Waals surface area contributed by atoms with Crippen LogP contribution in [0.5, 0.6) is 0 Å². The van der Waals surface area contributed by atoms with Crippen LogP contribution in [0.4, 0.5) is 0 Å². The lowest BCUT2D eigenvalue weighted by atomic mass is 10.2. The van der Waals surface area contributed by atoms with Crippen molar-refractivity contribution in [3.63, 3.8) is 0 Å². The van der Waals surface area contributed by atoms with Gasteiger partial charge < -0.3 is 10.3 Å². The zero-order valence-corrected chi connectivity index (χ0v) is 8.27. The fraction of sp³-hybridized carbons (Fsp3) is 0.111. The molecule has 14 heavy (non-hydrogen) atoms. The third-order valence-electron chi connectivity index (χ3n) is 1.06. The van der Waals surface area contributed by atoms with Gasteiger partial charge in [-0.05, 0) is 17.7 Å². The highest BCUT2D eigenvalue weighted by atomic mass is 35.5. The summed E-state index contributed by atoms with van der Waals surface area (Å²) in [5.41, 5.74) is 0.787. The maximum Gasteiger partial charge on any atom is 0.300 e. The summed E-state index contributed by atoms with van der Waals surface area (Å²) in [7, 11) is 0. The molecule has 0 radical (unpaired) electrons. The van der Waals surface area contributed by atoms with Gasteiger partial charge in [0.25, 0.3) is 5.97 Å². The standard InChI is InChI=1S/C7H6ClNO.C2H4O2/c8-7-3-1-2-6(4-7)5-9-10;1-2(3)4/h1-5,10H;1H3,(H,3,4)/b9-5-;. The van der Waals surface area contributed by atoms with Gasteiger partial charge in [-0.25, -0.2) is 0 Å². The monoisotopic (exact) mass is 215 g/mol. The van der Waals surface area contributed by atoms with Crippen molar-refractivity contribution in [3.05, 3.63) is 34.9 Å². The number of oxime groups is 1. The average Bonchev–Trinajstić information content (AvgIpc) is 2.03. The van der Waals surface area contributed by atoms with E-state index >= 15 is 0 Å². The van der Waals surface area contributed by atoms with Crippen molar-refractivity contribution in [2.75, 3.05) is 0 Å². The Hall–Kier alpha value is -1.55. The van der Waals surface area contributed by atoms with E-state index in [2.05, 4.69) is 5.16 Å². The topological polar surface area (TPSA) is 69.9 Å². The molecule has 0 aromatic heterocycles. The number of halogens is 1. The van der Waals surface area contributed by atoms with Gasteiger partial charge in [0.15, 0.2) is 0 Å². The first-order chi connectivity index (χ1) is 6.56. The Labute approximate surface area is 86.4 Å². The molecule has 0 amide bonds. The van der Waals surface area contributed by atoms with E-state index in [1.165, 1.54) is 6.21 Å². The van der Waals surface area contributed by atoms with Gasteiger partial charge in [-0.15, -0.1) is 0 Å². The molecule has 0 saturated heterocycles. The van der Waals surface area contributed by atoms with E-state index in [1.807, 2.05) is 0 Å². The molecule has 0 aliphatic carbocycles. The number of nitrogens with zero attached hydrogens (tertiary/aromatic N) is 1. The number of aliphatic carboxylic acids is 1. The van der Waals surface area contributed by atoms with Crippen LogP contribution in [0, 0.1) is 0 Å². The van der Waals surface area contributed by atoms with E-state index in [9.17, 15) is 0 Å². The molecular weight excluding hydrogens is 206 g/mol. The summed E-state index contributed by atoms with van der Waals surface area (Å²) in [5, 5.41) is 19.1. The molecule has 1 rings (SSSR count). The van der Waals surface area contributed by atoms with Crippen LogP contribution in [-0.2, 0) is 4.79 Å². The summed E-state index contributed by atoms with van der Waals surface area (Å²) in [6, 6.07) is 7.06. The number of rotatable bonds is 1. The number of hydrogen-bond acceptors (Lipinski definition) is 3. The molecule has 0 fully saturated rings. The highest BCUT2D eigenvalue weighted by Crippen LogP contribution is 2.08. The van der Waals surface area contributed by atoms with Gasteiger partial charge in [0.05, 0.1) is 6.21 Å². The maximum atomic E-state index is 9.00. The lowest BCUT2D eigenvalue weighted by Crippen LogP contribution is -1.78. The molecule has 0 heterocycles. The lowest BCUT2D eigenvalue weighted by Gasteiger charge is -1.90. The molecule has 5 heteroatoms. The molecule has 0 saturated carbocycles. The number of hydrogen-bond donors (Lipinski definition) is 2. The van der Waals surface area contributed by atoms with Gasteiger partial charge >= 0.3 is 0 Å². The average molecular weight is 216 g/mol. The van der Waals surface area contributed by atoms with Crippen LogP contribution in [0.2, 0.25) is 5.02 Å². The Kier molecular flexibility index (Phi) is 6.15. The Balaban J connectivity index is 0.000000364. The fourth-order valence-corrected chi connectivity index (χ4v) is 0.852. The van der Waals surface area contributed by atoms with Gasteiger partial charge in [-0.3, -0.25) is 4.79 Å². The van der Waals surface area contributed by atoms with E-state index in [-0.39, 0.29) is 0 Å². The minimum Gasteiger partial charge on any atom is -0.481 e. The smallest absolute Gasteiger partial charge is 0.300 e. The van der Waals surface area contributed by atoms with Gasteiger partial charge in [0.1, 0.15) is 0 Å². The number of carbonyl (C=O) groups is 1. The van der Waals surface area contributed by atoms with Crippen LogP contribution >= 0.6 is 11.6 Å². The lowest BCUT2D eigenvalue weighted by molar-refractivity contribution is -0.134. The van der Waals surface area contributed by atoms with Crippen LogP contribution in [0.3, 0.4) is 0 Å². The summed E-state index contributed by atoms with van der Waals surface area (Å²) < 4.78 is 0. The Morgan fingerprint density at radius 1 is 1.57 bits per heavy atom.